The summed E-state index contributed by atoms with van der Waals surface area (Å²) in [6.07, 6.45) is 0. The normalized spacial score (nSPS) is 10.5. The predicted molar refractivity (Wildman–Crippen MR) is 103 cm³/mol. The van der Waals surface area contributed by atoms with Crippen LogP contribution in [0.5, 0.6) is 0 Å². The Morgan fingerprint density at radius 3 is 1.20 bits per heavy atom. The van der Waals surface area contributed by atoms with Gasteiger partial charge in [0.25, 0.3) is 0 Å². The topological polar surface area (TPSA) is 0 Å². The van der Waals surface area contributed by atoms with Gasteiger partial charge >= 0.3 is 49.4 Å². The summed E-state index contributed by atoms with van der Waals surface area (Å²) >= 11 is 4.74. The van der Waals surface area contributed by atoms with Crippen molar-refractivity contribution in [2.45, 2.75) is 33.1 Å². The summed E-state index contributed by atoms with van der Waals surface area (Å²) in [4.78, 5) is 0. The maximum absolute atomic E-state index is 2.37. The van der Waals surface area contributed by atoms with Gasteiger partial charge in [0.15, 0.2) is 0 Å². The second kappa shape index (κ2) is 8.81. The summed E-state index contributed by atoms with van der Waals surface area (Å²) < 4.78 is 0. The third-order valence-corrected chi connectivity index (χ3v) is 3.55. The first kappa shape index (κ1) is 18.5. The molecule has 0 N–H and O–H groups in total. The molecule has 0 fully saturated rings. The fourth-order valence-corrected chi connectivity index (χ4v) is 2.11. The number of hydrogen-bond acceptors (Lipinski definition) is 0. The van der Waals surface area contributed by atoms with E-state index in [4.69, 9.17) is 0 Å². The van der Waals surface area contributed by atoms with Crippen LogP contribution in [0.3, 0.4) is 0 Å². The van der Waals surface area contributed by atoms with Gasteiger partial charge in [-0.1, -0.05) is 73.5 Å². The van der Waals surface area contributed by atoms with Crippen molar-refractivity contribution in [3.8, 4) is 0 Å². The Morgan fingerprint density at radius 1 is 0.700 bits per heavy atom. The minimum absolute atomic E-state index is 0.0708. The monoisotopic (exact) mass is 529 g/mol. The van der Waals surface area contributed by atoms with E-state index >= 15 is 0 Å². The van der Waals surface area contributed by atoms with Crippen molar-refractivity contribution in [1.82, 2.24) is 0 Å². The maximum atomic E-state index is 2.37. The Bertz CT molecular complexity index is 468. The van der Waals surface area contributed by atoms with Gasteiger partial charge in [0.2, 0.25) is 0 Å². The summed E-state index contributed by atoms with van der Waals surface area (Å²) in [7, 11) is 0.628. The molecule has 0 heterocycles. The predicted octanol–water partition coefficient (Wildman–Crippen LogP) is 6.40. The van der Waals surface area contributed by atoms with E-state index in [1.54, 1.807) is 0 Å². The Balaban J connectivity index is 0.000000612. The van der Waals surface area contributed by atoms with Crippen molar-refractivity contribution in [2.24, 2.45) is 0 Å². The summed E-state index contributed by atoms with van der Waals surface area (Å²) in [5.41, 5.74) is 5.43. The molecule has 0 bridgehead atoms. The molecule has 3 heteroatoms. The molecular formula is C17H20I2V. The first-order chi connectivity index (χ1) is 9.41. The molecule has 0 amide bonds. The average Bonchev–Trinajstić information content (AvgIpc) is 2.40. The SMILES string of the molecule is Cc1ccc(C(C)(C)c2ccc(C)cc2)cc1.[I][V][I]. The van der Waals surface area contributed by atoms with E-state index in [2.05, 4.69) is 116 Å². The molecule has 2 aromatic carbocycles. The van der Waals surface area contributed by atoms with E-state index in [1.807, 2.05) is 0 Å². The third-order valence-electron chi connectivity index (χ3n) is 3.55. The summed E-state index contributed by atoms with van der Waals surface area (Å²) in [6, 6.07) is 17.7. The van der Waals surface area contributed by atoms with Crippen molar-refractivity contribution in [2.75, 3.05) is 0 Å². The van der Waals surface area contributed by atoms with Crippen molar-refractivity contribution in [3.63, 3.8) is 0 Å². The number of benzene rings is 2. The molecule has 2 rings (SSSR count). The van der Waals surface area contributed by atoms with E-state index in [1.165, 1.54) is 22.3 Å². The molecule has 0 aliphatic rings. The van der Waals surface area contributed by atoms with Crippen LogP contribution in [0.4, 0.5) is 0 Å². The molecule has 0 nitrogen and oxygen atoms in total. The van der Waals surface area contributed by atoms with Crippen molar-refractivity contribution in [3.05, 3.63) is 70.8 Å². The van der Waals surface area contributed by atoms with Crippen LogP contribution < -0.4 is 0 Å². The minimum atomic E-state index is 0.0708. The Kier molecular flexibility index (Phi) is 8.17. The summed E-state index contributed by atoms with van der Waals surface area (Å²) in [5.74, 6) is 0. The van der Waals surface area contributed by atoms with Crippen LogP contribution in [0.1, 0.15) is 36.1 Å². The molecule has 0 spiro atoms. The molecule has 0 aromatic heterocycles. The van der Waals surface area contributed by atoms with E-state index in [0.717, 1.165) is 0 Å². The molecule has 2 aromatic rings. The van der Waals surface area contributed by atoms with Crippen molar-refractivity contribution in [1.29, 1.82) is 0 Å². The molecule has 0 unspecified atom stereocenters. The molecular weight excluding hydrogens is 509 g/mol. The number of aryl methyl sites for hydroxylation is 2. The summed E-state index contributed by atoms with van der Waals surface area (Å²) in [5, 5.41) is 0. The molecule has 0 aliphatic heterocycles. The van der Waals surface area contributed by atoms with Crippen LogP contribution in [0.15, 0.2) is 48.5 Å². The standard InChI is InChI=1S/C17H20.2HI.V/c1-13-5-9-15(10-6-13)17(3,4)16-11-7-14(2)8-12-16;;;/h5-12H,1-4H3;2*1H;/q;;;+2/p-2. The molecule has 0 aliphatic carbocycles. The van der Waals surface area contributed by atoms with Crippen LogP contribution in [0.2, 0.25) is 0 Å². The third kappa shape index (κ3) is 5.35. The zero-order valence-corrected chi connectivity index (χ0v) is 18.0. The van der Waals surface area contributed by atoms with Gasteiger partial charge in [0.1, 0.15) is 0 Å². The Hall–Kier alpha value is 0.484. The zero-order chi connectivity index (χ0) is 15.2. The van der Waals surface area contributed by atoms with Gasteiger partial charge in [-0.3, -0.25) is 0 Å². The van der Waals surface area contributed by atoms with Crippen LogP contribution in [-0.4, -0.2) is 0 Å². The zero-order valence-electron chi connectivity index (χ0n) is 12.3. The fourth-order valence-electron chi connectivity index (χ4n) is 2.11. The number of rotatable bonds is 2. The molecule has 0 atom stereocenters. The average molecular weight is 529 g/mol. The molecule has 20 heavy (non-hydrogen) atoms. The van der Waals surface area contributed by atoms with Gasteiger partial charge in [-0.15, -0.1) is 0 Å². The van der Waals surface area contributed by atoms with Crippen LogP contribution in [-0.2, 0) is 14.9 Å². The quantitative estimate of drug-likeness (QED) is 0.396. The first-order valence-corrected chi connectivity index (χ1v) is 15.5. The van der Waals surface area contributed by atoms with Crippen molar-refractivity contribution < 1.29 is 9.47 Å². The second-order valence-corrected chi connectivity index (χ2v) is 17.2. The van der Waals surface area contributed by atoms with Gasteiger partial charge in [-0.2, -0.15) is 0 Å². The molecule has 0 saturated heterocycles. The number of hydrogen-bond donors (Lipinski definition) is 0. The molecule has 0 radical (unpaired) electrons. The Morgan fingerprint density at radius 2 is 0.950 bits per heavy atom. The van der Waals surface area contributed by atoms with Crippen LogP contribution >= 0.6 is 40.0 Å². The Labute approximate surface area is 152 Å². The van der Waals surface area contributed by atoms with Gasteiger partial charge in [-0.05, 0) is 25.0 Å². The fraction of sp³-hybridized carbons (Fsp3) is 0.294. The van der Waals surface area contributed by atoms with Crippen molar-refractivity contribution >= 4 is 40.0 Å². The van der Waals surface area contributed by atoms with E-state index in [-0.39, 0.29) is 5.41 Å². The molecule has 0 saturated carbocycles. The van der Waals surface area contributed by atoms with Gasteiger partial charge in [0.05, 0.1) is 0 Å². The van der Waals surface area contributed by atoms with Crippen LogP contribution in [0, 0.1) is 13.8 Å². The van der Waals surface area contributed by atoms with Crippen LogP contribution in [0.25, 0.3) is 0 Å². The van der Waals surface area contributed by atoms with E-state index in [0.29, 0.717) is 9.47 Å². The first-order valence-electron chi connectivity index (χ1n) is 6.48. The number of halogens is 2. The summed E-state index contributed by atoms with van der Waals surface area (Å²) in [6.45, 7) is 8.82. The molecule has 107 valence electrons. The van der Waals surface area contributed by atoms with E-state index in [9.17, 15) is 0 Å². The van der Waals surface area contributed by atoms with Gasteiger partial charge in [0, 0.05) is 5.41 Å². The van der Waals surface area contributed by atoms with Gasteiger partial charge in [-0.25, -0.2) is 0 Å². The second-order valence-electron chi connectivity index (χ2n) is 5.42. The van der Waals surface area contributed by atoms with Gasteiger partial charge < -0.3 is 0 Å². The van der Waals surface area contributed by atoms with E-state index < -0.39 is 0 Å².